The Kier molecular flexibility index (Phi) is 2.32. The molecule has 2 rings (SSSR count). The molecule has 2 aliphatic heterocycles. The Labute approximate surface area is 71.7 Å². The largest absolute Gasteiger partial charge is 0.376 e. The maximum absolute atomic E-state index is 5.51. The third-order valence-corrected chi connectivity index (χ3v) is 2.57. The van der Waals surface area contributed by atoms with Gasteiger partial charge in [-0.25, -0.2) is 0 Å². The predicted molar refractivity (Wildman–Crippen MR) is 41.1 cm³/mol. The SMILES string of the molecule is COC1COC2C1OC[C@H]2OC. The van der Waals surface area contributed by atoms with Crippen LogP contribution in [0.15, 0.2) is 0 Å². The number of fused-ring (bicyclic) bond motifs is 1. The predicted octanol–water partition coefficient (Wildman–Crippen LogP) is -0.186. The van der Waals surface area contributed by atoms with E-state index in [1.165, 1.54) is 0 Å². The van der Waals surface area contributed by atoms with E-state index in [9.17, 15) is 0 Å². The van der Waals surface area contributed by atoms with Gasteiger partial charge in [0.25, 0.3) is 0 Å². The summed E-state index contributed by atoms with van der Waals surface area (Å²) in [5, 5.41) is 0. The van der Waals surface area contributed by atoms with Gasteiger partial charge in [-0.05, 0) is 0 Å². The Balaban J connectivity index is 2.01. The summed E-state index contributed by atoms with van der Waals surface area (Å²) in [5.41, 5.74) is 0. The van der Waals surface area contributed by atoms with Crippen molar-refractivity contribution in [2.45, 2.75) is 24.4 Å². The lowest BCUT2D eigenvalue weighted by Gasteiger charge is -2.14. The van der Waals surface area contributed by atoms with E-state index >= 15 is 0 Å². The minimum absolute atomic E-state index is 0.0694. The van der Waals surface area contributed by atoms with Crippen LogP contribution in [0.25, 0.3) is 0 Å². The molecule has 4 atom stereocenters. The lowest BCUT2D eigenvalue weighted by atomic mass is 10.1. The average Bonchev–Trinajstić information content (AvgIpc) is 2.62. The fourth-order valence-corrected chi connectivity index (χ4v) is 1.83. The first-order valence-electron chi connectivity index (χ1n) is 4.15. The summed E-state index contributed by atoms with van der Waals surface area (Å²) in [5.74, 6) is 0. The summed E-state index contributed by atoms with van der Waals surface area (Å²) < 4.78 is 21.4. The molecule has 0 aromatic carbocycles. The van der Waals surface area contributed by atoms with E-state index in [1.807, 2.05) is 0 Å². The second kappa shape index (κ2) is 3.30. The third-order valence-electron chi connectivity index (χ3n) is 2.57. The van der Waals surface area contributed by atoms with Crippen LogP contribution in [0, 0.1) is 0 Å². The number of methoxy groups -OCH3 is 2. The fourth-order valence-electron chi connectivity index (χ4n) is 1.83. The standard InChI is InChI=1S/C8H14O4/c1-9-5-3-11-8-6(10-2)4-12-7(5)8/h5-8H,3-4H2,1-2H3/t5-,6?,7?,8?/m1/s1. The van der Waals surface area contributed by atoms with Crippen LogP contribution in [-0.2, 0) is 18.9 Å². The summed E-state index contributed by atoms with van der Waals surface area (Å²) >= 11 is 0. The van der Waals surface area contributed by atoms with E-state index in [1.54, 1.807) is 14.2 Å². The van der Waals surface area contributed by atoms with E-state index in [0.29, 0.717) is 13.2 Å². The van der Waals surface area contributed by atoms with Gasteiger partial charge in [-0.2, -0.15) is 0 Å². The van der Waals surface area contributed by atoms with Gasteiger partial charge in [0.05, 0.1) is 13.2 Å². The topological polar surface area (TPSA) is 36.9 Å². The van der Waals surface area contributed by atoms with Crippen molar-refractivity contribution in [3.63, 3.8) is 0 Å². The summed E-state index contributed by atoms with van der Waals surface area (Å²) in [6.07, 6.45) is 0.296. The zero-order valence-corrected chi connectivity index (χ0v) is 7.36. The van der Waals surface area contributed by atoms with Crippen molar-refractivity contribution >= 4 is 0 Å². The van der Waals surface area contributed by atoms with Crippen molar-refractivity contribution in [3.8, 4) is 0 Å². The van der Waals surface area contributed by atoms with E-state index in [4.69, 9.17) is 18.9 Å². The number of hydrogen-bond acceptors (Lipinski definition) is 4. The van der Waals surface area contributed by atoms with Gasteiger partial charge in [0.15, 0.2) is 0 Å². The lowest BCUT2D eigenvalue weighted by molar-refractivity contribution is -0.0267. The Hall–Kier alpha value is -0.160. The normalized spacial score (nSPS) is 46.5. The fraction of sp³-hybridized carbons (Fsp3) is 1.00. The molecule has 12 heavy (non-hydrogen) atoms. The van der Waals surface area contributed by atoms with Gasteiger partial charge in [-0.1, -0.05) is 0 Å². The molecule has 4 heteroatoms. The zero-order valence-electron chi connectivity index (χ0n) is 7.36. The maximum Gasteiger partial charge on any atom is 0.115 e. The maximum atomic E-state index is 5.51. The smallest absolute Gasteiger partial charge is 0.115 e. The van der Waals surface area contributed by atoms with E-state index < -0.39 is 0 Å². The van der Waals surface area contributed by atoms with Crippen LogP contribution in [0.4, 0.5) is 0 Å². The van der Waals surface area contributed by atoms with Crippen molar-refractivity contribution in [2.24, 2.45) is 0 Å². The summed E-state index contributed by atoms with van der Waals surface area (Å²) in [4.78, 5) is 0. The Morgan fingerprint density at radius 2 is 1.33 bits per heavy atom. The van der Waals surface area contributed by atoms with Crippen LogP contribution >= 0.6 is 0 Å². The van der Waals surface area contributed by atoms with Crippen molar-refractivity contribution in [1.29, 1.82) is 0 Å². The molecule has 4 nitrogen and oxygen atoms in total. The molecule has 70 valence electrons. The van der Waals surface area contributed by atoms with Gasteiger partial charge in [0, 0.05) is 14.2 Å². The number of rotatable bonds is 2. The van der Waals surface area contributed by atoms with Gasteiger partial charge in [-0.15, -0.1) is 0 Å². The quantitative estimate of drug-likeness (QED) is 0.581. The van der Waals surface area contributed by atoms with Crippen LogP contribution in [0.1, 0.15) is 0 Å². The van der Waals surface area contributed by atoms with Crippen LogP contribution in [0.2, 0.25) is 0 Å². The van der Waals surface area contributed by atoms with Crippen LogP contribution < -0.4 is 0 Å². The molecule has 0 spiro atoms. The highest BCUT2D eigenvalue weighted by molar-refractivity contribution is 4.95. The molecule has 0 radical (unpaired) electrons. The first kappa shape index (κ1) is 8.44. The average molecular weight is 174 g/mol. The second-order valence-electron chi connectivity index (χ2n) is 3.14. The minimum Gasteiger partial charge on any atom is -0.376 e. The molecule has 3 unspecified atom stereocenters. The first-order valence-corrected chi connectivity index (χ1v) is 4.15. The minimum atomic E-state index is 0.0694. The van der Waals surface area contributed by atoms with Gasteiger partial charge in [0.2, 0.25) is 0 Å². The van der Waals surface area contributed by atoms with E-state index in [0.717, 1.165) is 0 Å². The van der Waals surface area contributed by atoms with Crippen molar-refractivity contribution in [2.75, 3.05) is 27.4 Å². The molecular weight excluding hydrogens is 160 g/mol. The molecule has 2 aliphatic rings. The monoisotopic (exact) mass is 174 g/mol. The van der Waals surface area contributed by atoms with Crippen LogP contribution in [-0.4, -0.2) is 51.8 Å². The van der Waals surface area contributed by atoms with Gasteiger partial charge >= 0.3 is 0 Å². The van der Waals surface area contributed by atoms with Crippen LogP contribution in [0.5, 0.6) is 0 Å². The summed E-state index contributed by atoms with van der Waals surface area (Å²) in [6.45, 7) is 1.23. The third kappa shape index (κ3) is 1.15. The highest BCUT2D eigenvalue weighted by atomic mass is 16.6. The van der Waals surface area contributed by atoms with Gasteiger partial charge in [-0.3, -0.25) is 0 Å². The highest BCUT2D eigenvalue weighted by Crippen LogP contribution is 2.29. The Morgan fingerprint density at radius 3 is 1.67 bits per heavy atom. The van der Waals surface area contributed by atoms with E-state index in [2.05, 4.69) is 0 Å². The summed E-state index contributed by atoms with van der Waals surface area (Å²) in [6, 6.07) is 0. The van der Waals surface area contributed by atoms with E-state index in [-0.39, 0.29) is 24.4 Å². The molecule has 2 fully saturated rings. The Morgan fingerprint density at radius 1 is 0.917 bits per heavy atom. The number of ether oxygens (including phenoxy) is 4. The molecule has 2 heterocycles. The zero-order chi connectivity index (χ0) is 8.55. The van der Waals surface area contributed by atoms with Gasteiger partial charge in [0.1, 0.15) is 24.4 Å². The molecule has 0 N–H and O–H groups in total. The lowest BCUT2D eigenvalue weighted by Crippen LogP contribution is -2.32. The molecule has 2 saturated heterocycles. The second-order valence-corrected chi connectivity index (χ2v) is 3.14. The molecule has 0 bridgehead atoms. The van der Waals surface area contributed by atoms with Crippen molar-refractivity contribution < 1.29 is 18.9 Å². The molecular formula is C8H14O4. The molecule has 0 aromatic rings. The van der Waals surface area contributed by atoms with Crippen molar-refractivity contribution in [1.82, 2.24) is 0 Å². The van der Waals surface area contributed by atoms with Crippen molar-refractivity contribution in [3.05, 3.63) is 0 Å². The molecule has 0 saturated carbocycles. The molecule has 0 amide bonds. The highest BCUT2D eigenvalue weighted by Gasteiger charge is 2.48. The number of hydrogen-bond donors (Lipinski definition) is 0. The van der Waals surface area contributed by atoms with Crippen LogP contribution in [0.3, 0.4) is 0 Å². The first-order chi connectivity index (χ1) is 5.86. The Bertz CT molecular complexity index is 143. The summed E-state index contributed by atoms with van der Waals surface area (Å²) in [7, 11) is 3.36. The molecule has 0 aliphatic carbocycles. The molecule has 0 aromatic heterocycles. The van der Waals surface area contributed by atoms with Gasteiger partial charge < -0.3 is 18.9 Å².